The Bertz CT molecular complexity index is 882. The van der Waals surface area contributed by atoms with Gasteiger partial charge in [0.25, 0.3) is 5.91 Å². The first-order valence-corrected chi connectivity index (χ1v) is 12.8. The Hall–Kier alpha value is -1.97. The number of aliphatic carboxylic acids is 1. The number of nitrogens with one attached hydrogen (secondary N) is 1. The number of hydrogen-bond donors (Lipinski definition) is 2. The van der Waals surface area contributed by atoms with Crippen molar-refractivity contribution in [1.82, 2.24) is 5.32 Å². The smallest absolute Gasteiger partial charge is 0.327 e. The van der Waals surface area contributed by atoms with Crippen molar-refractivity contribution in [2.24, 2.45) is 0 Å². The topological polar surface area (TPSA) is 66.4 Å². The van der Waals surface area contributed by atoms with Gasteiger partial charge in [-0.05, 0) is 42.0 Å². The third kappa shape index (κ3) is 5.15. The molecule has 0 aromatic heterocycles. The van der Waals surface area contributed by atoms with E-state index in [1.54, 1.807) is 24.3 Å². The maximum atomic E-state index is 12.8. The van der Waals surface area contributed by atoms with Gasteiger partial charge in [0.1, 0.15) is 6.04 Å². The highest BCUT2D eigenvalue weighted by molar-refractivity contribution is 8.15. The predicted molar refractivity (Wildman–Crippen MR) is 124 cm³/mol. The Morgan fingerprint density at radius 1 is 0.931 bits per heavy atom. The molecule has 2 aromatic carbocycles. The van der Waals surface area contributed by atoms with E-state index in [1.165, 1.54) is 0 Å². The SMILES string of the molecule is Cc1ccc(C(C(NC(=O)c2ccccc2)C(=O)O)P(=S)(C(C)C)C(C)C)cc1. The van der Waals surface area contributed by atoms with Crippen molar-refractivity contribution in [3.05, 3.63) is 71.3 Å². The van der Waals surface area contributed by atoms with Crippen LogP contribution >= 0.6 is 6.04 Å². The predicted octanol–water partition coefficient (Wildman–Crippen LogP) is 5.22. The van der Waals surface area contributed by atoms with E-state index in [0.717, 1.165) is 11.1 Å². The largest absolute Gasteiger partial charge is 0.480 e. The van der Waals surface area contributed by atoms with Crippen molar-refractivity contribution in [3.63, 3.8) is 0 Å². The fraction of sp³-hybridized carbons (Fsp3) is 0.391. The summed E-state index contributed by atoms with van der Waals surface area (Å²) in [5, 5.41) is 12.9. The van der Waals surface area contributed by atoms with E-state index in [0.29, 0.717) is 5.56 Å². The molecule has 2 N–H and O–H groups in total. The first kappa shape index (κ1) is 23.3. The van der Waals surface area contributed by atoms with Gasteiger partial charge in [-0.25, -0.2) is 4.79 Å². The lowest BCUT2D eigenvalue weighted by Crippen LogP contribution is -2.46. The Morgan fingerprint density at radius 2 is 1.45 bits per heavy atom. The van der Waals surface area contributed by atoms with Crippen LogP contribution in [0.3, 0.4) is 0 Å². The van der Waals surface area contributed by atoms with Crippen molar-refractivity contribution in [2.45, 2.75) is 57.6 Å². The number of aryl methyl sites for hydroxylation is 1. The van der Waals surface area contributed by atoms with Crippen LogP contribution in [0.4, 0.5) is 0 Å². The van der Waals surface area contributed by atoms with Gasteiger partial charge in [0.2, 0.25) is 0 Å². The minimum absolute atomic E-state index is 0.138. The molecule has 0 saturated carbocycles. The van der Waals surface area contributed by atoms with Crippen LogP contribution < -0.4 is 5.32 Å². The van der Waals surface area contributed by atoms with Crippen LogP contribution in [-0.4, -0.2) is 34.3 Å². The zero-order valence-electron chi connectivity index (χ0n) is 17.6. The van der Waals surface area contributed by atoms with Gasteiger partial charge in [-0.15, -0.1) is 0 Å². The number of carboxylic acid groups (broad SMARTS) is 1. The minimum atomic E-state index is -2.23. The molecule has 0 heterocycles. The second-order valence-corrected chi connectivity index (χ2v) is 14.0. The van der Waals surface area contributed by atoms with E-state index in [9.17, 15) is 14.7 Å². The molecule has 1 amide bonds. The molecule has 0 aliphatic carbocycles. The Morgan fingerprint density at radius 3 is 1.90 bits per heavy atom. The Balaban J connectivity index is 2.59. The number of amides is 1. The number of carboxylic acids is 1. The summed E-state index contributed by atoms with van der Waals surface area (Å²) < 4.78 is 0. The lowest BCUT2D eigenvalue weighted by atomic mass is 10.0. The van der Waals surface area contributed by atoms with Gasteiger partial charge in [-0.2, -0.15) is 0 Å². The van der Waals surface area contributed by atoms with Gasteiger partial charge in [0.05, 0.1) is 0 Å². The zero-order chi connectivity index (χ0) is 21.8. The number of benzene rings is 2. The van der Waals surface area contributed by atoms with Crippen LogP contribution in [0.15, 0.2) is 54.6 Å². The standard InChI is InChI=1S/C23H30NO3PS/c1-15(2)28(29,16(3)4)21(18-13-11-17(5)12-14-18)20(23(26)27)24-22(25)19-9-7-6-8-10-19/h6-16,20-21H,1-5H3,(H,24,25)(H,26,27). The highest BCUT2D eigenvalue weighted by atomic mass is 32.4. The fourth-order valence-electron chi connectivity index (χ4n) is 3.75. The van der Waals surface area contributed by atoms with Crippen molar-refractivity contribution in [2.75, 3.05) is 0 Å². The second-order valence-electron chi connectivity index (χ2n) is 7.96. The molecule has 0 aliphatic heterocycles. The summed E-state index contributed by atoms with van der Waals surface area (Å²) in [6.45, 7) is 10.3. The van der Waals surface area contributed by atoms with Gasteiger partial charge in [0.15, 0.2) is 0 Å². The molecule has 0 aliphatic rings. The summed E-state index contributed by atoms with van der Waals surface area (Å²) in [6, 6.07) is 13.2. The average Bonchev–Trinajstić information content (AvgIpc) is 2.68. The maximum absolute atomic E-state index is 12.8. The molecule has 0 radical (unpaired) electrons. The van der Waals surface area contributed by atoms with E-state index in [4.69, 9.17) is 11.8 Å². The summed E-state index contributed by atoms with van der Waals surface area (Å²) in [7, 11) is 0. The Labute approximate surface area is 178 Å². The number of hydrogen-bond acceptors (Lipinski definition) is 3. The zero-order valence-corrected chi connectivity index (χ0v) is 19.3. The van der Waals surface area contributed by atoms with E-state index < -0.39 is 29.6 Å². The first-order valence-electron chi connectivity index (χ1n) is 9.83. The van der Waals surface area contributed by atoms with E-state index in [1.807, 2.05) is 37.3 Å². The first-order chi connectivity index (χ1) is 13.6. The molecule has 0 bridgehead atoms. The normalized spacial score (nSPS) is 13.9. The maximum Gasteiger partial charge on any atom is 0.327 e. The molecular formula is C23H30NO3PS. The summed E-state index contributed by atoms with van der Waals surface area (Å²) in [5.74, 6) is -1.46. The molecule has 0 saturated heterocycles. The molecule has 156 valence electrons. The third-order valence-corrected chi connectivity index (χ3v) is 13.3. The number of rotatable bonds is 8. The van der Waals surface area contributed by atoms with Crippen LogP contribution in [0.1, 0.15) is 54.8 Å². The molecule has 2 atom stereocenters. The molecule has 6 heteroatoms. The molecule has 2 aromatic rings. The highest BCUT2D eigenvalue weighted by Crippen LogP contribution is 2.67. The van der Waals surface area contributed by atoms with Gasteiger partial charge in [0, 0.05) is 11.2 Å². The second kappa shape index (κ2) is 9.69. The molecule has 0 spiro atoms. The quantitative estimate of drug-likeness (QED) is 0.563. The molecule has 4 nitrogen and oxygen atoms in total. The minimum Gasteiger partial charge on any atom is -0.480 e. The molecule has 29 heavy (non-hydrogen) atoms. The van der Waals surface area contributed by atoms with Crippen molar-refractivity contribution in [3.8, 4) is 0 Å². The van der Waals surface area contributed by atoms with Crippen molar-refractivity contribution in [1.29, 1.82) is 0 Å². The third-order valence-electron chi connectivity index (χ3n) is 5.37. The molecular weight excluding hydrogens is 401 g/mol. The average molecular weight is 432 g/mol. The van der Waals surface area contributed by atoms with E-state index in [-0.39, 0.29) is 11.3 Å². The molecule has 0 fully saturated rings. The van der Waals surface area contributed by atoms with Gasteiger partial charge < -0.3 is 10.4 Å². The molecule has 2 rings (SSSR count). The van der Waals surface area contributed by atoms with Crippen molar-refractivity contribution < 1.29 is 14.7 Å². The Kier molecular flexibility index (Phi) is 7.79. The molecule has 2 unspecified atom stereocenters. The summed E-state index contributed by atoms with van der Waals surface area (Å²) in [6.07, 6.45) is 0. The fourth-order valence-corrected chi connectivity index (χ4v) is 8.26. The summed E-state index contributed by atoms with van der Waals surface area (Å²) >= 11 is 6.25. The van der Waals surface area contributed by atoms with Crippen LogP contribution in [-0.2, 0) is 16.6 Å². The number of carbonyl (C=O) groups is 2. The van der Waals surface area contributed by atoms with Gasteiger partial charge >= 0.3 is 5.97 Å². The van der Waals surface area contributed by atoms with Crippen molar-refractivity contribution >= 4 is 29.7 Å². The van der Waals surface area contributed by atoms with Crippen LogP contribution in [0.25, 0.3) is 0 Å². The van der Waals surface area contributed by atoms with E-state index >= 15 is 0 Å². The van der Waals surface area contributed by atoms with Gasteiger partial charge in [-0.1, -0.05) is 87.5 Å². The van der Waals surface area contributed by atoms with Crippen LogP contribution in [0.5, 0.6) is 0 Å². The van der Waals surface area contributed by atoms with Crippen LogP contribution in [0.2, 0.25) is 0 Å². The van der Waals surface area contributed by atoms with Crippen LogP contribution in [0, 0.1) is 6.92 Å². The number of carbonyl (C=O) groups excluding carboxylic acids is 1. The lowest BCUT2D eigenvalue weighted by Gasteiger charge is -2.41. The summed E-state index contributed by atoms with van der Waals surface area (Å²) in [5.41, 5.74) is 2.22. The lowest BCUT2D eigenvalue weighted by molar-refractivity contribution is -0.139. The highest BCUT2D eigenvalue weighted by Gasteiger charge is 2.44. The van der Waals surface area contributed by atoms with E-state index in [2.05, 4.69) is 33.0 Å². The summed E-state index contributed by atoms with van der Waals surface area (Å²) in [4.78, 5) is 25.2. The van der Waals surface area contributed by atoms with Gasteiger partial charge in [-0.3, -0.25) is 4.79 Å². The monoisotopic (exact) mass is 431 g/mol.